The minimum absolute atomic E-state index is 0.0249. The number of ether oxygens (including phenoxy) is 1. The second-order valence-electron chi connectivity index (χ2n) is 8.13. The topological polar surface area (TPSA) is 61.5 Å². The molecule has 28 heavy (non-hydrogen) atoms. The number of aromatic amines is 1. The van der Waals surface area contributed by atoms with Gasteiger partial charge < -0.3 is 14.6 Å². The number of H-pyrrole nitrogens is 1. The SMILES string of the molecule is CN1CCC(C2=CC=C(C3COC(=O)N3c3ccc4nc[nH]c4c3)CC2)CC1. The Morgan fingerprint density at radius 3 is 2.71 bits per heavy atom. The highest BCUT2D eigenvalue weighted by Gasteiger charge is 2.37. The molecule has 0 saturated carbocycles. The number of carbonyl (C=O) groups excluding carboxylic acids is 1. The van der Waals surface area contributed by atoms with Crippen LogP contribution in [0.5, 0.6) is 0 Å². The highest BCUT2D eigenvalue weighted by molar-refractivity contribution is 5.93. The summed E-state index contributed by atoms with van der Waals surface area (Å²) in [5.74, 6) is 0.717. The van der Waals surface area contributed by atoms with Crippen LogP contribution in [0.4, 0.5) is 10.5 Å². The van der Waals surface area contributed by atoms with Gasteiger partial charge in [-0.3, -0.25) is 4.90 Å². The van der Waals surface area contributed by atoms with Gasteiger partial charge >= 0.3 is 6.09 Å². The molecule has 3 heterocycles. The number of benzene rings is 1. The highest BCUT2D eigenvalue weighted by Crippen LogP contribution is 2.36. The van der Waals surface area contributed by atoms with Gasteiger partial charge in [0.1, 0.15) is 6.61 Å². The number of cyclic esters (lactones) is 1. The lowest BCUT2D eigenvalue weighted by Gasteiger charge is -2.32. The molecule has 1 aliphatic carbocycles. The second kappa shape index (κ2) is 7.09. The van der Waals surface area contributed by atoms with Crippen molar-refractivity contribution in [3.63, 3.8) is 0 Å². The molecule has 2 fully saturated rings. The number of piperidine rings is 1. The first-order chi connectivity index (χ1) is 13.7. The third-order valence-corrected chi connectivity index (χ3v) is 6.44. The third-order valence-electron chi connectivity index (χ3n) is 6.44. The van der Waals surface area contributed by atoms with Crippen molar-refractivity contribution in [2.75, 3.05) is 31.6 Å². The van der Waals surface area contributed by atoms with E-state index in [1.54, 1.807) is 16.8 Å². The zero-order chi connectivity index (χ0) is 19.1. The largest absolute Gasteiger partial charge is 0.447 e. The number of amides is 1. The molecule has 2 aliphatic heterocycles. The van der Waals surface area contributed by atoms with Gasteiger partial charge in [0.25, 0.3) is 0 Å². The van der Waals surface area contributed by atoms with E-state index in [0.29, 0.717) is 12.5 Å². The lowest BCUT2D eigenvalue weighted by molar-refractivity contribution is 0.179. The minimum atomic E-state index is -0.269. The molecule has 0 spiro atoms. The van der Waals surface area contributed by atoms with Gasteiger partial charge in [0.2, 0.25) is 0 Å². The Kier molecular flexibility index (Phi) is 4.43. The summed E-state index contributed by atoms with van der Waals surface area (Å²) in [6.45, 7) is 2.80. The predicted molar refractivity (Wildman–Crippen MR) is 109 cm³/mol. The lowest BCUT2D eigenvalue weighted by atomic mass is 9.82. The van der Waals surface area contributed by atoms with Crippen LogP contribution in [0.2, 0.25) is 0 Å². The first-order valence-corrected chi connectivity index (χ1v) is 10.2. The number of fused-ring (bicyclic) bond motifs is 1. The average molecular weight is 378 g/mol. The Bertz CT molecular complexity index is 952. The molecule has 2 saturated heterocycles. The van der Waals surface area contributed by atoms with Crippen molar-refractivity contribution < 1.29 is 9.53 Å². The van der Waals surface area contributed by atoms with Crippen LogP contribution in [0, 0.1) is 5.92 Å². The zero-order valence-corrected chi connectivity index (χ0v) is 16.2. The van der Waals surface area contributed by atoms with E-state index in [9.17, 15) is 4.79 Å². The third kappa shape index (κ3) is 3.11. The molecule has 5 rings (SSSR count). The summed E-state index contributed by atoms with van der Waals surface area (Å²) in [6, 6.07) is 5.84. The number of hydrogen-bond acceptors (Lipinski definition) is 4. The first-order valence-electron chi connectivity index (χ1n) is 10.2. The predicted octanol–water partition coefficient (Wildman–Crippen LogP) is 3.88. The molecule has 2 aromatic rings. The van der Waals surface area contributed by atoms with Gasteiger partial charge in [-0.15, -0.1) is 0 Å². The Hall–Kier alpha value is -2.60. The van der Waals surface area contributed by atoms with Crippen molar-refractivity contribution in [3.05, 3.63) is 47.8 Å². The average Bonchev–Trinajstić information content (AvgIpc) is 3.34. The molecule has 1 atom stereocenters. The number of likely N-dealkylation sites (tertiary alicyclic amines) is 1. The summed E-state index contributed by atoms with van der Waals surface area (Å²) in [5, 5.41) is 0. The number of nitrogens with one attached hydrogen (secondary N) is 1. The number of allylic oxidation sites excluding steroid dienone is 3. The van der Waals surface area contributed by atoms with Gasteiger partial charge in [0.15, 0.2) is 0 Å². The van der Waals surface area contributed by atoms with E-state index >= 15 is 0 Å². The Morgan fingerprint density at radius 2 is 1.93 bits per heavy atom. The maximum Gasteiger partial charge on any atom is 0.415 e. The van der Waals surface area contributed by atoms with Gasteiger partial charge in [-0.25, -0.2) is 9.78 Å². The van der Waals surface area contributed by atoms with E-state index in [1.165, 1.54) is 31.5 Å². The van der Waals surface area contributed by atoms with E-state index < -0.39 is 0 Å². The van der Waals surface area contributed by atoms with Crippen molar-refractivity contribution in [3.8, 4) is 0 Å². The number of hydrogen-bond donors (Lipinski definition) is 1. The fraction of sp³-hybridized carbons (Fsp3) is 0.455. The summed E-state index contributed by atoms with van der Waals surface area (Å²) in [4.78, 5) is 24.1. The van der Waals surface area contributed by atoms with Crippen LogP contribution in [0.15, 0.2) is 47.8 Å². The van der Waals surface area contributed by atoms with Crippen molar-refractivity contribution in [2.45, 2.75) is 31.7 Å². The molecule has 146 valence electrons. The summed E-state index contributed by atoms with van der Waals surface area (Å²) in [5.41, 5.74) is 5.54. The van der Waals surface area contributed by atoms with E-state index in [4.69, 9.17) is 4.74 Å². The minimum Gasteiger partial charge on any atom is -0.447 e. The van der Waals surface area contributed by atoms with Crippen LogP contribution in [0.3, 0.4) is 0 Å². The molecule has 6 nitrogen and oxygen atoms in total. The number of nitrogens with zero attached hydrogens (tertiary/aromatic N) is 3. The van der Waals surface area contributed by atoms with E-state index in [-0.39, 0.29) is 12.1 Å². The van der Waals surface area contributed by atoms with Crippen LogP contribution >= 0.6 is 0 Å². The Balaban J connectivity index is 1.38. The summed E-state index contributed by atoms with van der Waals surface area (Å²) < 4.78 is 5.43. The molecule has 1 aromatic carbocycles. The molecule has 1 amide bonds. The molecular weight excluding hydrogens is 352 g/mol. The highest BCUT2D eigenvalue weighted by atomic mass is 16.6. The van der Waals surface area contributed by atoms with Crippen LogP contribution in [0.1, 0.15) is 25.7 Å². The molecule has 1 unspecified atom stereocenters. The number of imidazole rings is 1. The summed E-state index contributed by atoms with van der Waals surface area (Å²) in [7, 11) is 2.20. The van der Waals surface area contributed by atoms with Crippen molar-refractivity contribution in [1.29, 1.82) is 0 Å². The number of rotatable bonds is 3. The monoisotopic (exact) mass is 378 g/mol. The van der Waals surface area contributed by atoms with Crippen molar-refractivity contribution >= 4 is 22.8 Å². The van der Waals surface area contributed by atoms with E-state index in [1.807, 2.05) is 18.2 Å². The molecular formula is C22H26N4O2. The van der Waals surface area contributed by atoms with Gasteiger partial charge in [-0.05, 0) is 75.5 Å². The molecule has 1 N–H and O–H groups in total. The quantitative estimate of drug-likeness (QED) is 0.881. The Labute approximate surface area is 164 Å². The van der Waals surface area contributed by atoms with Crippen molar-refractivity contribution in [2.24, 2.45) is 5.92 Å². The summed E-state index contributed by atoms with van der Waals surface area (Å²) >= 11 is 0. The van der Waals surface area contributed by atoms with Gasteiger partial charge in [0.05, 0.1) is 29.1 Å². The number of aromatic nitrogens is 2. The molecule has 0 bridgehead atoms. The number of carbonyl (C=O) groups is 1. The normalized spacial score (nSPS) is 24.4. The van der Waals surface area contributed by atoms with Gasteiger partial charge in [0, 0.05) is 0 Å². The maximum absolute atomic E-state index is 12.5. The zero-order valence-electron chi connectivity index (χ0n) is 16.2. The standard InChI is InChI=1S/C22H26N4O2/c1-25-10-8-16(9-11-25)15-2-4-17(5-3-15)21-13-28-22(27)26(21)18-6-7-19-20(12-18)24-14-23-19/h2,4,6-7,12,14,16,21H,3,5,8-11,13H2,1H3,(H,23,24). The fourth-order valence-corrected chi connectivity index (χ4v) is 4.72. The number of anilines is 1. The molecule has 0 radical (unpaired) electrons. The Morgan fingerprint density at radius 1 is 1.14 bits per heavy atom. The van der Waals surface area contributed by atoms with Crippen LogP contribution in [0.25, 0.3) is 11.0 Å². The fourth-order valence-electron chi connectivity index (χ4n) is 4.72. The van der Waals surface area contributed by atoms with Crippen molar-refractivity contribution in [1.82, 2.24) is 14.9 Å². The molecule has 1 aromatic heterocycles. The maximum atomic E-state index is 12.5. The van der Waals surface area contributed by atoms with E-state index in [0.717, 1.165) is 29.6 Å². The first kappa shape index (κ1) is 17.5. The lowest BCUT2D eigenvalue weighted by Crippen LogP contribution is -2.35. The van der Waals surface area contributed by atoms with E-state index in [2.05, 4.69) is 34.1 Å². The summed E-state index contributed by atoms with van der Waals surface area (Å²) in [6.07, 6.45) is 10.6. The second-order valence-corrected chi connectivity index (χ2v) is 8.13. The van der Waals surface area contributed by atoms with Gasteiger partial charge in [-0.2, -0.15) is 0 Å². The molecule has 6 heteroatoms. The van der Waals surface area contributed by atoms with Crippen LogP contribution < -0.4 is 4.90 Å². The van der Waals surface area contributed by atoms with Crippen LogP contribution in [-0.4, -0.2) is 53.7 Å². The van der Waals surface area contributed by atoms with Gasteiger partial charge in [-0.1, -0.05) is 17.7 Å². The molecule has 3 aliphatic rings. The van der Waals surface area contributed by atoms with Crippen LogP contribution in [-0.2, 0) is 4.74 Å². The smallest absolute Gasteiger partial charge is 0.415 e.